The van der Waals surface area contributed by atoms with Crippen LogP contribution in [0.25, 0.3) is 0 Å². The summed E-state index contributed by atoms with van der Waals surface area (Å²) in [6.45, 7) is 2.51. The molecular weight excluding hydrogens is 194 g/mol. The smallest absolute Gasteiger partial charge is 0.407 e. The van der Waals surface area contributed by atoms with Crippen LogP contribution in [-0.4, -0.2) is 18.2 Å². The van der Waals surface area contributed by atoms with Crippen molar-refractivity contribution in [3.8, 4) is 0 Å². The van der Waals surface area contributed by atoms with Crippen molar-refractivity contribution in [3.63, 3.8) is 0 Å². The van der Waals surface area contributed by atoms with Gasteiger partial charge in [-0.15, -0.1) is 0 Å². The van der Waals surface area contributed by atoms with Crippen LogP contribution in [-0.2, 0) is 11.2 Å². The zero-order valence-corrected chi connectivity index (χ0v) is 8.79. The summed E-state index contributed by atoms with van der Waals surface area (Å²) in [5, 5.41) is 2.88. The van der Waals surface area contributed by atoms with E-state index in [0.29, 0.717) is 6.61 Å². The van der Waals surface area contributed by atoms with Gasteiger partial charge in [-0.3, -0.25) is 0 Å². The summed E-state index contributed by atoms with van der Waals surface area (Å²) in [6.07, 6.45) is 3.90. The normalized spacial score (nSPS) is 25.0. The minimum atomic E-state index is -0.309. The number of cyclic esters (lactones) is 1. The second-order valence-electron chi connectivity index (χ2n) is 3.91. The number of furan rings is 1. The van der Waals surface area contributed by atoms with Crippen molar-refractivity contribution in [2.45, 2.75) is 31.7 Å². The lowest BCUT2D eigenvalue weighted by molar-refractivity contribution is 0.170. The van der Waals surface area contributed by atoms with E-state index in [1.54, 1.807) is 6.26 Å². The third-order valence-electron chi connectivity index (χ3n) is 2.95. The first-order valence-corrected chi connectivity index (χ1v) is 5.21. The number of hydrogen-bond acceptors (Lipinski definition) is 3. The average molecular weight is 209 g/mol. The van der Waals surface area contributed by atoms with E-state index in [-0.39, 0.29) is 11.6 Å². The summed E-state index contributed by atoms with van der Waals surface area (Å²) >= 11 is 0. The van der Waals surface area contributed by atoms with Gasteiger partial charge in [-0.1, -0.05) is 6.92 Å². The number of rotatable bonds is 4. The van der Waals surface area contributed by atoms with Gasteiger partial charge in [0.25, 0.3) is 0 Å². The molecule has 15 heavy (non-hydrogen) atoms. The molecule has 4 nitrogen and oxygen atoms in total. The van der Waals surface area contributed by atoms with E-state index in [2.05, 4.69) is 12.2 Å². The fourth-order valence-electron chi connectivity index (χ4n) is 1.81. The van der Waals surface area contributed by atoms with E-state index < -0.39 is 0 Å². The third-order valence-corrected chi connectivity index (χ3v) is 2.95. The number of nitrogens with one attached hydrogen (secondary N) is 1. The maximum absolute atomic E-state index is 11.0. The molecule has 1 aromatic rings. The highest BCUT2D eigenvalue weighted by molar-refractivity contribution is 5.70. The van der Waals surface area contributed by atoms with Crippen LogP contribution >= 0.6 is 0 Å². The van der Waals surface area contributed by atoms with Crippen LogP contribution in [0.3, 0.4) is 0 Å². The van der Waals surface area contributed by atoms with Crippen molar-refractivity contribution < 1.29 is 13.9 Å². The van der Waals surface area contributed by atoms with E-state index in [4.69, 9.17) is 9.15 Å². The summed E-state index contributed by atoms with van der Waals surface area (Å²) < 4.78 is 10.2. The maximum Gasteiger partial charge on any atom is 0.407 e. The lowest BCUT2D eigenvalue weighted by Crippen LogP contribution is -2.43. The highest BCUT2D eigenvalue weighted by Gasteiger charge is 2.37. The Morgan fingerprint density at radius 1 is 1.60 bits per heavy atom. The lowest BCUT2D eigenvalue weighted by Gasteiger charge is -2.24. The number of carbonyl (C=O) groups is 1. The van der Waals surface area contributed by atoms with Crippen LogP contribution < -0.4 is 5.32 Å². The SMILES string of the molecule is CC[C@@]1(CCc2ccco2)COC(=O)N1. The van der Waals surface area contributed by atoms with Gasteiger partial charge in [0.2, 0.25) is 0 Å². The monoisotopic (exact) mass is 209 g/mol. The van der Waals surface area contributed by atoms with Crippen molar-refractivity contribution in [2.24, 2.45) is 0 Å². The van der Waals surface area contributed by atoms with Gasteiger partial charge in [0.1, 0.15) is 12.4 Å². The molecule has 1 aromatic heterocycles. The van der Waals surface area contributed by atoms with E-state index in [0.717, 1.165) is 25.0 Å². The van der Waals surface area contributed by atoms with Gasteiger partial charge in [0, 0.05) is 6.42 Å². The van der Waals surface area contributed by atoms with Gasteiger partial charge in [0.15, 0.2) is 0 Å². The van der Waals surface area contributed by atoms with E-state index in [1.807, 2.05) is 12.1 Å². The molecule has 1 aliphatic heterocycles. The average Bonchev–Trinajstić information content (AvgIpc) is 2.85. The Balaban J connectivity index is 1.94. The number of amides is 1. The van der Waals surface area contributed by atoms with Gasteiger partial charge in [-0.05, 0) is 25.0 Å². The summed E-state index contributed by atoms with van der Waals surface area (Å²) in [4.78, 5) is 11.0. The van der Waals surface area contributed by atoms with Gasteiger partial charge in [-0.2, -0.15) is 0 Å². The quantitative estimate of drug-likeness (QED) is 0.826. The number of hydrogen-bond donors (Lipinski definition) is 1. The molecule has 0 radical (unpaired) electrons. The van der Waals surface area contributed by atoms with Crippen LogP contribution in [0.5, 0.6) is 0 Å². The van der Waals surface area contributed by atoms with Gasteiger partial charge in [0.05, 0.1) is 11.8 Å². The van der Waals surface area contributed by atoms with Gasteiger partial charge in [-0.25, -0.2) is 4.79 Å². The predicted octanol–water partition coefficient (Wildman–Crippen LogP) is 2.10. The molecule has 0 unspecified atom stereocenters. The number of ether oxygens (including phenoxy) is 1. The Kier molecular flexibility index (Phi) is 2.66. The van der Waals surface area contributed by atoms with Crippen molar-refractivity contribution in [3.05, 3.63) is 24.2 Å². The van der Waals surface area contributed by atoms with Crippen LogP contribution in [0.4, 0.5) is 4.79 Å². The standard InChI is InChI=1S/C11H15NO3/c1-2-11(8-15-10(13)12-11)6-5-9-4-3-7-14-9/h3-4,7H,2,5-6,8H2,1H3,(H,12,13)/t11-/m1/s1. The first-order chi connectivity index (χ1) is 7.24. The molecule has 4 heteroatoms. The topological polar surface area (TPSA) is 51.5 Å². The van der Waals surface area contributed by atoms with Crippen molar-refractivity contribution in [2.75, 3.05) is 6.61 Å². The Labute approximate surface area is 88.6 Å². The molecule has 0 aliphatic carbocycles. The Morgan fingerprint density at radius 2 is 2.47 bits per heavy atom. The fraction of sp³-hybridized carbons (Fsp3) is 0.545. The van der Waals surface area contributed by atoms with E-state index in [1.165, 1.54) is 0 Å². The molecule has 1 atom stereocenters. The van der Waals surface area contributed by atoms with Gasteiger partial charge < -0.3 is 14.5 Å². The lowest BCUT2D eigenvalue weighted by atomic mass is 9.91. The fourth-order valence-corrected chi connectivity index (χ4v) is 1.81. The molecule has 1 amide bonds. The Morgan fingerprint density at radius 3 is 3.00 bits per heavy atom. The molecule has 2 heterocycles. The van der Waals surface area contributed by atoms with E-state index in [9.17, 15) is 4.79 Å². The first-order valence-electron chi connectivity index (χ1n) is 5.21. The molecule has 0 aromatic carbocycles. The predicted molar refractivity (Wildman–Crippen MR) is 54.5 cm³/mol. The molecule has 1 N–H and O–H groups in total. The molecule has 0 saturated carbocycles. The number of aryl methyl sites for hydroxylation is 1. The van der Waals surface area contributed by atoms with Gasteiger partial charge >= 0.3 is 6.09 Å². The molecule has 1 saturated heterocycles. The van der Waals surface area contributed by atoms with Crippen LogP contribution in [0.1, 0.15) is 25.5 Å². The summed E-state index contributed by atoms with van der Waals surface area (Å²) in [5.41, 5.74) is -0.204. The van der Waals surface area contributed by atoms with Crippen LogP contribution in [0, 0.1) is 0 Å². The first kappa shape index (κ1) is 10.1. The minimum Gasteiger partial charge on any atom is -0.469 e. The molecule has 1 aliphatic rings. The van der Waals surface area contributed by atoms with Crippen molar-refractivity contribution >= 4 is 6.09 Å². The largest absolute Gasteiger partial charge is 0.469 e. The number of alkyl carbamates (subject to hydrolysis) is 1. The van der Waals surface area contributed by atoms with Crippen LogP contribution in [0.2, 0.25) is 0 Å². The van der Waals surface area contributed by atoms with Crippen molar-refractivity contribution in [1.82, 2.24) is 5.32 Å². The van der Waals surface area contributed by atoms with Crippen molar-refractivity contribution in [1.29, 1.82) is 0 Å². The summed E-state index contributed by atoms with van der Waals surface area (Å²) in [5.74, 6) is 0.948. The minimum absolute atomic E-state index is 0.204. The molecule has 2 rings (SSSR count). The third kappa shape index (κ3) is 2.14. The zero-order valence-electron chi connectivity index (χ0n) is 8.79. The van der Waals surface area contributed by atoms with E-state index >= 15 is 0 Å². The highest BCUT2D eigenvalue weighted by atomic mass is 16.6. The molecule has 0 bridgehead atoms. The molecular formula is C11H15NO3. The second kappa shape index (κ2) is 3.96. The summed E-state index contributed by atoms with van der Waals surface area (Å²) in [6, 6.07) is 3.82. The zero-order chi connectivity index (χ0) is 10.7. The maximum atomic E-state index is 11.0. The highest BCUT2D eigenvalue weighted by Crippen LogP contribution is 2.23. The van der Waals surface area contributed by atoms with Crippen LogP contribution in [0.15, 0.2) is 22.8 Å². The molecule has 1 fully saturated rings. The Bertz CT molecular complexity index is 334. The Hall–Kier alpha value is -1.45. The molecule has 0 spiro atoms. The summed E-state index contributed by atoms with van der Waals surface area (Å²) in [7, 11) is 0. The second-order valence-corrected chi connectivity index (χ2v) is 3.91. The molecule has 82 valence electrons. The number of carbonyl (C=O) groups excluding carboxylic acids is 1.